The number of ether oxygens (including phenoxy) is 1. The molecule has 2 aromatic rings. The minimum atomic E-state index is -0.134. The van der Waals surface area contributed by atoms with Crippen molar-refractivity contribution in [3.63, 3.8) is 0 Å². The number of hydrogen-bond donors (Lipinski definition) is 1. The quantitative estimate of drug-likeness (QED) is 0.806. The lowest BCUT2D eigenvalue weighted by atomic mass is 9.61. The van der Waals surface area contributed by atoms with Gasteiger partial charge in [0.1, 0.15) is 5.52 Å². The maximum atomic E-state index is 12.6. The van der Waals surface area contributed by atoms with Gasteiger partial charge in [0.05, 0.1) is 18.2 Å². The fraction of sp³-hybridized carbons (Fsp3) is 0.526. The average Bonchev–Trinajstić information content (AvgIpc) is 3.05. The molecule has 2 heterocycles. The first-order valence-electron chi connectivity index (χ1n) is 9.23. The third-order valence-corrected chi connectivity index (χ3v) is 5.96. The van der Waals surface area contributed by atoms with Crippen LogP contribution < -0.4 is 5.32 Å². The molecule has 6 nitrogen and oxygen atoms in total. The van der Waals surface area contributed by atoms with Crippen molar-refractivity contribution in [2.45, 2.75) is 38.6 Å². The van der Waals surface area contributed by atoms with E-state index >= 15 is 0 Å². The van der Waals surface area contributed by atoms with Crippen molar-refractivity contribution < 1.29 is 9.53 Å². The average molecular weight is 375 g/mol. The largest absolute Gasteiger partial charge is 0.466 e. The van der Waals surface area contributed by atoms with Gasteiger partial charge in [-0.05, 0) is 74.3 Å². The molecule has 3 aliphatic rings. The number of halogens is 1. The number of carbonyl (C=O) groups is 1. The number of anilines is 1. The lowest BCUT2D eigenvalue weighted by Gasteiger charge is -2.47. The number of rotatable bonds is 5. The molecule has 1 N–H and O–H groups in total. The van der Waals surface area contributed by atoms with Gasteiger partial charge < -0.3 is 10.1 Å². The van der Waals surface area contributed by atoms with Crippen LogP contribution in [0.15, 0.2) is 18.7 Å². The number of fused-ring (bicyclic) bond motifs is 4. The van der Waals surface area contributed by atoms with Gasteiger partial charge in [-0.25, -0.2) is 4.52 Å². The summed E-state index contributed by atoms with van der Waals surface area (Å²) in [5.41, 5.74) is 1.67. The minimum absolute atomic E-state index is 0.0124. The molecule has 0 unspecified atom stereocenters. The summed E-state index contributed by atoms with van der Waals surface area (Å²) in [5, 5.41) is 7.95. The van der Waals surface area contributed by atoms with Crippen LogP contribution in [0.25, 0.3) is 11.6 Å². The van der Waals surface area contributed by atoms with Crippen molar-refractivity contribution in [3.05, 3.63) is 29.7 Å². The summed E-state index contributed by atoms with van der Waals surface area (Å²) >= 11 is 6.15. The fourth-order valence-electron chi connectivity index (χ4n) is 4.64. The summed E-state index contributed by atoms with van der Waals surface area (Å²) in [6, 6.07) is 3.88. The molecule has 0 saturated heterocycles. The predicted molar refractivity (Wildman–Crippen MR) is 101 cm³/mol. The van der Waals surface area contributed by atoms with E-state index in [1.165, 1.54) is 0 Å². The summed E-state index contributed by atoms with van der Waals surface area (Å²) in [5.74, 6) is 1.24. The smallest absolute Gasteiger partial charge is 0.311 e. The van der Waals surface area contributed by atoms with Crippen molar-refractivity contribution >= 4 is 35.0 Å². The Morgan fingerprint density at radius 1 is 1.38 bits per heavy atom. The van der Waals surface area contributed by atoms with Crippen LogP contribution in [0.3, 0.4) is 0 Å². The van der Waals surface area contributed by atoms with Gasteiger partial charge >= 0.3 is 5.97 Å². The van der Waals surface area contributed by atoms with E-state index in [0.717, 1.165) is 36.9 Å². The summed E-state index contributed by atoms with van der Waals surface area (Å²) in [6.45, 7) is 6.07. The van der Waals surface area contributed by atoms with E-state index in [0.29, 0.717) is 24.3 Å². The lowest BCUT2D eigenvalue weighted by Crippen LogP contribution is -2.52. The number of esters is 1. The van der Waals surface area contributed by atoms with Crippen LogP contribution >= 0.6 is 11.6 Å². The maximum Gasteiger partial charge on any atom is 0.311 e. The highest BCUT2D eigenvalue weighted by molar-refractivity contribution is 6.28. The number of aromatic nitrogens is 3. The Morgan fingerprint density at radius 2 is 2.12 bits per heavy atom. The molecule has 3 fully saturated rings. The van der Waals surface area contributed by atoms with Crippen molar-refractivity contribution in [3.8, 4) is 0 Å². The van der Waals surface area contributed by atoms with E-state index in [4.69, 9.17) is 16.3 Å². The first-order chi connectivity index (χ1) is 12.6. The molecular formula is C19H23ClN4O2. The van der Waals surface area contributed by atoms with Gasteiger partial charge in [-0.2, -0.15) is 4.98 Å². The zero-order valence-electron chi connectivity index (χ0n) is 14.8. The van der Waals surface area contributed by atoms with Gasteiger partial charge in [-0.1, -0.05) is 6.58 Å². The van der Waals surface area contributed by atoms with Gasteiger partial charge in [0.15, 0.2) is 5.82 Å². The lowest BCUT2D eigenvalue weighted by molar-refractivity contribution is -0.154. The summed E-state index contributed by atoms with van der Waals surface area (Å²) in [6.07, 6.45) is 6.18. The summed E-state index contributed by atoms with van der Waals surface area (Å²) in [4.78, 5) is 17.0. The highest BCUT2D eigenvalue weighted by atomic mass is 35.5. The molecule has 2 atom stereocenters. The molecule has 0 spiro atoms. The van der Waals surface area contributed by atoms with Crippen molar-refractivity contribution in [2.24, 2.45) is 17.8 Å². The number of carbonyl (C=O) groups excluding carboxylic acids is 1. The third-order valence-electron chi connectivity index (χ3n) is 5.80. The van der Waals surface area contributed by atoms with E-state index in [1.807, 2.05) is 19.1 Å². The normalized spacial score (nSPS) is 27.5. The first-order valence-corrected chi connectivity index (χ1v) is 9.61. The Hall–Kier alpha value is -2.08. The Kier molecular flexibility index (Phi) is 4.61. The van der Waals surface area contributed by atoms with Crippen LogP contribution in [0.2, 0.25) is 5.28 Å². The molecule has 2 aromatic heterocycles. The molecule has 0 aromatic carbocycles. The maximum absolute atomic E-state index is 12.6. The number of nitrogens with one attached hydrogen (secondary N) is 1. The third kappa shape index (κ3) is 2.86. The van der Waals surface area contributed by atoms with Gasteiger partial charge in [-0.3, -0.25) is 4.79 Å². The Labute approximate surface area is 157 Å². The van der Waals surface area contributed by atoms with Crippen LogP contribution in [0.1, 0.15) is 38.3 Å². The van der Waals surface area contributed by atoms with E-state index < -0.39 is 0 Å². The standard InChI is InChI=1S/C19H23ClN4O2/c1-3-13-9-10-14-17(22-19(20)23-24(13)14)21-16-12-7-5-11(6-8-12)15(16)18(25)26-4-2/h3,9-12,15-16H,1,4-8H2,2H3,(H,21,22,23)/t11?,12?,15-,16-/m0/s1. The Morgan fingerprint density at radius 3 is 2.81 bits per heavy atom. The monoisotopic (exact) mass is 374 g/mol. The molecule has 0 amide bonds. The van der Waals surface area contributed by atoms with Crippen molar-refractivity contribution in [1.29, 1.82) is 0 Å². The molecule has 7 heteroatoms. The second-order valence-electron chi connectivity index (χ2n) is 7.11. The predicted octanol–water partition coefficient (Wildman–Crippen LogP) is 3.81. The molecule has 3 aliphatic carbocycles. The van der Waals surface area contributed by atoms with E-state index in [1.54, 1.807) is 10.6 Å². The molecule has 0 radical (unpaired) electrons. The van der Waals surface area contributed by atoms with Gasteiger partial charge in [-0.15, -0.1) is 5.10 Å². The SMILES string of the molecule is C=Cc1ccc2c(N[C@H]3C4CCC(CC4)[C@@H]3C(=O)OCC)nc(Cl)nn12. The minimum Gasteiger partial charge on any atom is -0.466 e. The van der Waals surface area contributed by atoms with Crippen molar-refractivity contribution in [2.75, 3.05) is 11.9 Å². The zero-order valence-corrected chi connectivity index (χ0v) is 15.6. The molecule has 5 rings (SSSR count). The highest BCUT2D eigenvalue weighted by Gasteiger charge is 2.48. The first kappa shape index (κ1) is 17.3. The number of nitrogens with zero attached hydrogens (tertiary/aromatic N) is 3. The van der Waals surface area contributed by atoms with Gasteiger partial charge in [0.25, 0.3) is 0 Å². The van der Waals surface area contributed by atoms with Gasteiger partial charge in [0, 0.05) is 6.04 Å². The molecule has 26 heavy (non-hydrogen) atoms. The van der Waals surface area contributed by atoms with Crippen LogP contribution in [0.5, 0.6) is 0 Å². The van der Waals surface area contributed by atoms with E-state index in [-0.39, 0.29) is 23.2 Å². The van der Waals surface area contributed by atoms with Crippen LogP contribution in [0.4, 0.5) is 5.82 Å². The Balaban J connectivity index is 1.71. The summed E-state index contributed by atoms with van der Waals surface area (Å²) in [7, 11) is 0. The topological polar surface area (TPSA) is 68.5 Å². The second-order valence-corrected chi connectivity index (χ2v) is 7.45. The zero-order chi connectivity index (χ0) is 18.3. The molecule has 138 valence electrons. The molecular weight excluding hydrogens is 352 g/mol. The number of hydrogen-bond acceptors (Lipinski definition) is 5. The summed E-state index contributed by atoms with van der Waals surface area (Å²) < 4.78 is 7.11. The fourth-order valence-corrected chi connectivity index (χ4v) is 4.80. The van der Waals surface area contributed by atoms with E-state index in [2.05, 4.69) is 22.0 Å². The second kappa shape index (κ2) is 6.91. The van der Waals surface area contributed by atoms with Crippen LogP contribution in [-0.4, -0.2) is 33.2 Å². The van der Waals surface area contributed by atoms with Gasteiger partial charge in [0.2, 0.25) is 5.28 Å². The van der Waals surface area contributed by atoms with Crippen LogP contribution in [0, 0.1) is 17.8 Å². The molecule has 0 aliphatic heterocycles. The molecule has 3 saturated carbocycles. The highest BCUT2D eigenvalue weighted by Crippen LogP contribution is 2.47. The molecule has 2 bridgehead atoms. The Bertz CT molecular complexity index is 841. The van der Waals surface area contributed by atoms with E-state index in [9.17, 15) is 4.79 Å². The van der Waals surface area contributed by atoms with Crippen LogP contribution in [-0.2, 0) is 9.53 Å². The van der Waals surface area contributed by atoms with Crippen molar-refractivity contribution in [1.82, 2.24) is 14.6 Å².